The molecular weight excluding hydrogens is 468 g/mol. The lowest BCUT2D eigenvalue weighted by atomic mass is 10.1. The highest BCUT2D eigenvalue weighted by Crippen LogP contribution is 2.27. The van der Waals surface area contributed by atoms with Crippen LogP contribution in [0.1, 0.15) is 35.0 Å². The summed E-state index contributed by atoms with van der Waals surface area (Å²) < 4.78 is 2.19. The Hall–Kier alpha value is -3.58. The highest BCUT2D eigenvalue weighted by molar-refractivity contribution is 7.16. The molecule has 4 aromatic rings. The van der Waals surface area contributed by atoms with Gasteiger partial charge in [0, 0.05) is 44.2 Å². The van der Waals surface area contributed by atoms with Crippen molar-refractivity contribution in [2.24, 2.45) is 0 Å². The second-order valence-corrected chi connectivity index (χ2v) is 10.3. The van der Waals surface area contributed by atoms with E-state index in [0.717, 1.165) is 40.9 Å². The Morgan fingerprint density at radius 2 is 1.69 bits per heavy atom. The summed E-state index contributed by atoms with van der Waals surface area (Å²) in [5, 5.41) is 6.22. The van der Waals surface area contributed by atoms with Crippen molar-refractivity contribution in [3.05, 3.63) is 95.0 Å². The number of carbonyl (C=O) groups excluding carboxylic acids is 2. The predicted molar refractivity (Wildman–Crippen MR) is 145 cm³/mol. The third kappa shape index (κ3) is 5.31. The molecule has 2 aromatic carbocycles. The highest BCUT2D eigenvalue weighted by Gasteiger charge is 2.31. The largest absolute Gasteiger partial charge is 0.334 e. The summed E-state index contributed by atoms with van der Waals surface area (Å²) in [5.74, 6) is 0.0503. The SMILES string of the molecule is C[C@@H]1CN(C(=O)c2cc3ccsc3n2CCCc2ccccc2)CCN1C(=O)NCc1ccccc1. The van der Waals surface area contributed by atoms with E-state index in [1.54, 1.807) is 11.3 Å². The summed E-state index contributed by atoms with van der Waals surface area (Å²) in [5.41, 5.74) is 3.13. The number of fused-ring (bicyclic) bond motifs is 1. The molecule has 0 unspecified atom stereocenters. The summed E-state index contributed by atoms with van der Waals surface area (Å²) >= 11 is 1.68. The summed E-state index contributed by atoms with van der Waals surface area (Å²) in [6.07, 6.45) is 1.95. The maximum Gasteiger partial charge on any atom is 0.318 e. The molecule has 1 N–H and O–H groups in total. The van der Waals surface area contributed by atoms with Crippen molar-refractivity contribution in [3.63, 3.8) is 0 Å². The van der Waals surface area contributed by atoms with Crippen LogP contribution in [0.5, 0.6) is 0 Å². The number of piperazine rings is 1. The van der Waals surface area contributed by atoms with Crippen molar-refractivity contribution in [3.8, 4) is 0 Å². The van der Waals surface area contributed by atoms with E-state index in [1.165, 1.54) is 5.56 Å². The number of aryl methyl sites for hydroxylation is 2. The Morgan fingerprint density at radius 3 is 2.42 bits per heavy atom. The molecule has 0 spiro atoms. The fraction of sp³-hybridized carbons (Fsp3) is 0.310. The van der Waals surface area contributed by atoms with Crippen LogP contribution in [-0.4, -0.2) is 52.0 Å². The number of nitrogens with one attached hydrogen (secondary N) is 1. The number of aromatic nitrogens is 1. The van der Waals surface area contributed by atoms with Gasteiger partial charge in [-0.15, -0.1) is 11.3 Å². The minimum absolute atomic E-state index is 0.0503. The monoisotopic (exact) mass is 500 g/mol. The van der Waals surface area contributed by atoms with Crippen LogP contribution in [0.3, 0.4) is 0 Å². The van der Waals surface area contributed by atoms with Gasteiger partial charge in [-0.05, 0) is 48.4 Å². The molecule has 0 aliphatic carbocycles. The van der Waals surface area contributed by atoms with E-state index in [0.29, 0.717) is 26.2 Å². The number of hydrogen-bond acceptors (Lipinski definition) is 3. The van der Waals surface area contributed by atoms with Crippen molar-refractivity contribution < 1.29 is 9.59 Å². The van der Waals surface area contributed by atoms with E-state index < -0.39 is 0 Å². The van der Waals surface area contributed by atoms with E-state index in [2.05, 4.69) is 45.6 Å². The molecule has 1 atom stereocenters. The van der Waals surface area contributed by atoms with Gasteiger partial charge in [0.2, 0.25) is 0 Å². The fourth-order valence-corrected chi connectivity index (χ4v) is 5.86. The van der Waals surface area contributed by atoms with Crippen LogP contribution in [0.25, 0.3) is 10.2 Å². The zero-order valence-corrected chi connectivity index (χ0v) is 21.4. The van der Waals surface area contributed by atoms with Gasteiger partial charge in [0.1, 0.15) is 10.5 Å². The molecule has 1 fully saturated rings. The number of nitrogens with zero attached hydrogens (tertiary/aromatic N) is 3. The number of benzene rings is 2. The number of rotatable bonds is 7. The molecular formula is C29H32N4O2S. The molecule has 2 aromatic heterocycles. The van der Waals surface area contributed by atoms with Crippen LogP contribution in [0.4, 0.5) is 4.79 Å². The summed E-state index contributed by atoms with van der Waals surface area (Å²) in [6.45, 7) is 4.90. The van der Waals surface area contributed by atoms with Gasteiger partial charge in [0.05, 0.1) is 0 Å². The quantitative estimate of drug-likeness (QED) is 0.370. The Kier molecular flexibility index (Phi) is 7.37. The van der Waals surface area contributed by atoms with Crippen LogP contribution in [-0.2, 0) is 19.5 Å². The lowest BCUT2D eigenvalue weighted by Gasteiger charge is -2.39. The van der Waals surface area contributed by atoms with Gasteiger partial charge < -0.3 is 19.7 Å². The maximum atomic E-state index is 13.6. The van der Waals surface area contributed by atoms with Gasteiger partial charge in [-0.1, -0.05) is 60.7 Å². The van der Waals surface area contributed by atoms with Crippen molar-refractivity contribution in [2.75, 3.05) is 19.6 Å². The van der Waals surface area contributed by atoms with Gasteiger partial charge in [-0.3, -0.25) is 4.79 Å². The maximum absolute atomic E-state index is 13.6. The summed E-state index contributed by atoms with van der Waals surface area (Å²) in [7, 11) is 0. The molecule has 1 aliphatic rings. The summed E-state index contributed by atoms with van der Waals surface area (Å²) in [6, 6.07) is 24.4. The molecule has 0 saturated carbocycles. The molecule has 36 heavy (non-hydrogen) atoms. The zero-order chi connectivity index (χ0) is 24.9. The third-order valence-corrected chi connectivity index (χ3v) is 7.83. The second-order valence-electron chi connectivity index (χ2n) is 9.39. The van der Waals surface area contributed by atoms with Gasteiger partial charge in [-0.25, -0.2) is 4.79 Å². The Labute approximate surface area is 216 Å². The molecule has 0 bridgehead atoms. The van der Waals surface area contributed by atoms with E-state index in [4.69, 9.17) is 0 Å². The molecule has 3 heterocycles. The average molecular weight is 501 g/mol. The van der Waals surface area contributed by atoms with Gasteiger partial charge in [-0.2, -0.15) is 0 Å². The number of thiophene rings is 1. The molecule has 0 radical (unpaired) electrons. The molecule has 5 rings (SSSR count). The molecule has 186 valence electrons. The van der Waals surface area contributed by atoms with Crippen molar-refractivity contribution in [1.29, 1.82) is 0 Å². The van der Waals surface area contributed by atoms with Gasteiger partial charge in [0.25, 0.3) is 5.91 Å². The van der Waals surface area contributed by atoms with E-state index in [-0.39, 0.29) is 18.0 Å². The lowest BCUT2D eigenvalue weighted by Crippen LogP contribution is -2.57. The molecule has 1 aliphatic heterocycles. The van der Waals surface area contributed by atoms with Crippen molar-refractivity contribution in [1.82, 2.24) is 19.7 Å². The Morgan fingerprint density at radius 1 is 0.972 bits per heavy atom. The third-order valence-electron chi connectivity index (χ3n) is 6.87. The first-order valence-corrected chi connectivity index (χ1v) is 13.5. The van der Waals surface area contributed by atoms with Crippen LogP contribution in [0, 0.1) is 0 Å². The average Bonchev–Trinajstić information content (AvgIpc) is 3.50. The van der Waals surface area contributed by atoms with Crippen molar-refractivity contribution >= 4 is 33.5 Å². The second kappa shape index (κ2) is 11.0. The van der Waals surface area contributed by atoms with E-state index >= 15 is 0 Å². The predicted octanol–water partition coefficient (Wildman–Crippen LogP) is 5.39. The number of hydrogen-bond donors (Lipinski definition) is 1. The van der Waals surface area contributed by atoms with E-state index in [1.807, 2.05) is 59.2 Å². The van der Waals surface area contributed by atoms with E-state index in [9.17, 15) is 9.59 Å². The topological polar surface area (TPSA) is 57.6 Å². The minimum Gasteiger partial charge on any atom is -0.334 e. The van der Waals surface area contributed by atoms with Crippen LogP contribution in [0.15, 0.2) is 78.2 Å². The van der Waals surface area contributed by atoms with Gasteiger partial charge in [0.15, 0.2) is 0 Å². The minimum atomic E-state index is -0.0803. The number of amides is 3. The highest BCUT2D eigenvalue weighted by atomic mass is 32.1. The standard InChI is InChI=1S/C29H32N4O2S/c1-22-21-31(16-17-32(22)29(35)30-20-24-11-6-3-7-12-24)27(34)26-19-25-14-18-36-28(25)33(26)15-8-13-23-9-4-2-5-10-23/h2-7,9-12,14,18-19,22H,8,13,15-17,20-21H2,1H3,(H,30,35)/t22-/m1/s1. The van der Waals surface area contributed by atoms with Crippen molar-refractivity contribution in [2.45, 2.75) is 38.9 Å². The van der Waals surface area contributed by atoms with Crippen LogP contribution < -0.4 is 5.32 Å². The molecule has 1 saturated heterocycles. The van der Waals surface area contributed by atoms with Crippen LogP contribution >= 0.6 is 11.3 Å². The normalized spacial score (nSPS) is 15.9. The van der Waals surface area contributed by atoms with Crippen LogP contribution in [0.2, 0.25) is 0 Å². The van der Waals surface area contributed by atoms with Gasteiger partial charge >= 0.3 is 6.03 Å². The smallest absolute Gasteiger partial charge is 0.318 e. The molecule has 7 heteroatoms. The first-order chi connectivity index (χ1) is 17.6. The number of carbonyl (C=O) groups is 2. The number of urea groups is 1. The fourth-order valence-electron chi connectivity index (χ4n) is 4.94. The first kappa shape index (κ1) is 24.1. The molecule has 3 amide bonds. The summed E-state index contributed by atoms with van der Waals surface area (Å²) in [4.78, 5) is 31.3. The Balaban J connectivity index is 1.22. The lowest BCUT2D eigenvalue weighted by molar-refractivity contribution is 0.0569. The first-order valence-electron chi connectivity index (χ1n) is 12.6. The Bertz CT molecular complexity index is 1320. The zero-order valence-electron chi connectivity index (χ0n) is 20.6. The molecule has 6 nitrogen and oxygen atoms in total.